The Bertz CT molecular complexity index is 432. The van der Waals surface area contributed by atoms with Crippen LogP contribution in [0.5, 0.6) is 0 Å². The van der Waals surface area contributed by atoms with Crippen molar-refractivity contribution in [3.05, 3.63) is 0 Å². The molecule has 0 amide bonds. The molecule has 0 aromatic rings. The van der Waals surface area contributed by atoms with Crippen LogP contribution < -0.4 is 10.6 Å². The Labute approximate surface area is 185 Å². The molecule has 0 bridgehead atoms. The van der Waals surface area contributed by atoms with E-state index < -0.39 is 0 Å². The van der Waals surface area contributed by atoms with Crippen molar-refractivity contribution in [1.82, 2.24) is 20.4 Å². The van der Waals surface area contributed by atoms with E-state index in [0.29, 0.717) is 6.04 Å². The Hall–Kier alpha value is -0.0800. The van der Waals surface area contributed by atoms with Gasteiger partial charge < -0.3 is 15.5 Å². The van der Waals surface area contributed by atoms with E-state index in [1.807, 2.05) is 0 Å². The maximum atomic E-state index is 4.97. The Morgan fingerprint density at radius 3 is 2.41 bits per heavy atom. The number of nitrogens with zero attached hydrogens (tertiary/aromatic N) is 3. The van der Waals surface area contributed by atoms with Crippen molar-refractivity contribution in [2.75, 3.05) is 45.8 Å². The fraction of sp³-hybridized carbons (Fsp3) is 0.952. The van der Waals surface area contributed by atoms with Gasteiger partial charge in [0.15, 0.2) is 5.96 Å². The van der Waals surface area contributed by atoms with Gasteiger partial charge in [-0.15, -0.1) is 24.0 Å². The van der Waals surface area contributed by atoms with Gasteiger partial charge in [0.1, 0.15) is 0 Å². The number of aliphatic imine (C=N–C) groups is 1. The van der Waals surface area contributed by atoms with E-state index in [0.717, 1.165) is 25.0 Å². The molecule has 2 aliphatic rings. The molecule has 2 fully saturated rings. The predicted octanol–water partition coefficient (Wildman–Crippen LogP) is 3.54. The third kappa shape index (κ3) is 8.44. The minimum Gasteiger partial charge on any atom is -0.357 e. The molecule has 160 valence electrons. The second-order valence-electron chi connectivity index (χ2n) is 8.96. The highest BCUT2D eigenvalue weighted by atomic mass is 127. The SMILES string of the molecule is CCCN1CCC(NC(=NCC(C)(C)N2CCCC(C)C2)NCC)CC1.I. The van der Waals surface area contributed by atoms with Crippen LogP contribution in [0.3, 0.4) is 0 Å². The molecule has 6 heteroatoms. The fourth-order valence-corrected chi connectivity index (χ4v) is 4.24. The largest absolute Gasteiger partial charge is 0.357 e. The molecule has 0 aromatic heterocycles. The van der Waals surface area contributed by atoms with Gasteiger partial charge in [-0.3, -0.25) is 9.89 Å². The summed E-state index contributed by atoms with van der Waals surface area (Å²) in [7, 11) is 0. The predicted molar refractivity (Wildman–Crippen MR) is 128 cm³/mol. The number of hydrogen-bond acceptors (Lipinski definition) is 3. The van der Waals surface area contributed by atoms with Crippen molar-refractivity contribution < 1.29 is 0 Å². The first kappa shape index (κ1) is 25.0. The van der Waals surface area contributed by atoms with E-state index in [-0.39, 0.29) is 29.5 Å². The first-order valence-corrected chi connectivity index (χ1v) is 11.0. The van der Waals surface area contributed by atoms with Gasteiger partial charge in [0.05, 0.1) is 6.54 Å². The van der Waals surface area contributed by atoms with Crippen LogP contribution >= 0.6 is 24.0 Å². The average Bonchev–Trinajstić information content (AvgIpc) is 2.62. The van der Waals surface area contributed by atoms with Gasteiger partial charge in [0.2, 0.25) is 0 Å². The van der Waals surface area contributed by atoms with Crippen LogP contribution in [0.1, 0.15) is 66.7 Å². The second kappa shape index (κ2) is 12.5. The summed E-state index contributed by atoms with van der Waals surface area (Å²) in [6.07, 6.45) is 6.39. The van der Waals surface area contributed by atoms with Crippen molar-refractivity contribution in [3.63, 3.8) is 0 Å². The van der Waals surface area contributed by atoms with Gasteiger partial charge in [0.25, 0.3) is 0 Å². The molecule has 1 atom stereocenters. The van der Waals surface area contributed by atoms with E-state index in [2.05, 4.69) is 55.1 Å². The highest BCUT2D eigenvalue weighted by Gasteiger charge is 2.30. The molecule has 2 N–H and O–H groups in total. The summed E-state index contributed by atoms with van der Waals surface area (Å²) in [6, 6.07) is 0.555. The average molecular weight is 494 g/mol. The summed E-state index contributed by atoms with van der Waals surface area (Å²) < 4.78 is 0. The number of hydrogen-bond donors (Lipinski definition) is 2. The Morgan fingerprint density at radius 2 is 1.81 bits per heavy atom. The Balaban J connectivity index is 0.00000364. The molecule has 2 rings (SSSR count). The monoisotopic (exact) mass is 493 g/mol. The van der Waals surface area contributed by atoms with Gasteiger partial charge in [0, 0.05) is 37.8 Å². The molecule has 0 aromatic carbocycles. The molecule has 0 aliphatic carbocycles. The highest BCUT2D eigenvalue weighted by molar-refractivity contribution is 14.0. The van der Waals surface area contributed by atoms with Gasteiger partial charge in [-0.1, -0.05) is 13.8 Å². The van der Waals surface area contributed by atoms with E-state index >= 15 is 0 Å². The summed E-state index contributed by atoms with van der Waals surface area (Å²) in [5.74, 6) is 1.81. The van der Waals surface area contributed by atoms with Crippen molar-refractivity contribution in [1.29, 1.82) is 0 Å². The number of guanidine groups is 1. The fourth-order valence-electron chi connectivity index (χ4n) is 4.24. The summed E-state index contributed by atoms with van der Waals surface area (Å²) in [5, 5.41) is 7.15. The zero-order valence-electron chi connectivity index (χ0n) is 18.4. The normalized spacial score (nSPS) is 23.7. The second-order valence-corrected chi connectivity index (χ2v) is 8.96. The molecular formula is C21H44IN5. The summed E-state index contributed by atoms with van der Waals surface area (Å²) in [5.41, 5.74) is 0.127. The van der Waals surface area contributed by atoms with Crippen LogP contribution in [0.15, 0.2) is 4.99 Å². The van der Waals surface area contributed by atoms with E-state index in [9.17, 15) is 0 Å². The third-order valence-electron chi connectivity index (χ3n) is 5.95. The molecule has 0 spiro atoms. The van der Waals surface area contributed by atoms with Crippen molar-refractivity contribution in [2.45, 2.75) is 78.3 Å². The third-order valence-corrected chi connectivity index (χ3v) is 5.95. The van der Waals surface area contributed by atoms with E-state index in [1.165, 1.54) is 64.8 Å². The molecule has 2 heterocycles. The lowest BCUT2D eigenvalue weighted by atomic mass is 9.94. The lowest BCUT2D eigenvalue weighted by Crippen LogP contribution is -2.52. The molecule has 1 unspecified atom stereocenters. The number of rotatable bonds is 7. The first-order valence-electron chi connectivity index (χ1n) is 11.0. The van der Waals surface area contributed by atoms with E-state index in [1.54, 1.807) is 0 Å². The number of nitrogens with one attached hydrogen (secondary N) is 2. The smallest absolute Gasteiger partial charge is 0.191 e. The van der Waals surface area contributed by atoms with Crippen LogP contribution in [-0.4, -0.2) is 73.2 Å². The van der Waals surface area contributed by atoms with Crippen LogP contribution in [-0.2, 0) is 0 Å². The minimum absolute atomic E-state index is 0. The Morgan fingerprint density at radius 1 is 1.11 bits per heavy atom. The van der Waals surface area contributed by atoms with Crippen LogP contribution in [0.25, 0.3) is 0 Å². The van der Waals surface area contributed by atoms with Crippen LogP contribution in [0, 0.1) is 5.92 Å². The molecule has 5 nitrogen and oxygen atoms in total. The maximum absolute atomic E-state index is 4.97. The molecular weight excluding hydrogens is 449 g/mol. The quantitative estimate of drug-likeness (QED) is 0.324. The summed E-state index contributed by atoms with van der Waals surface area (Å²) in [4.78, 5) is 10.2. The highest BCUT2D eigenvalue weighted by Crippen LogP contribution is 2.24. The summed E-state index contributed by atoms with van der Waals surface area (Å²) in [6.45, 7) is 19.3. The van der Waals surface area contributed by atoms with Crippen molar-refractivity contribution in [3.8, 4) is 0 Å². The first-order chi connectivity index (χ1) is 12.4. The van der Waals surface area contributed by atoms with Gasteiger partial charge >= 0.3 is 0 Å². The number of piperidine rings is 2. The number of likely N-dealkylation sites (tertiary alicyclic amines) is 2. The minimum atomic E-state index is 0. The van der Waals surface area contributed by atoms with Crippen LogP contribution in [0.2, 0.25) is 0 Å². The summed E-state index contributed by atoms with van der Waals surface area (Å²) >= 11 is 0. The molecule has 2 aliphatic heterocycles. The van der Waals surface area contributed by atoms with Gasteiger partial charge in [-0.25, -0.2) is 0 Å². The maximum Gasteiger partial charge on any atom is 0.191 e. The zero-order chi connectivity index (χ0) is 19.0. The Kier molecular flexibility index (Phi) is 11.5. The lowest BCUT2D eigenvalue weighted by molar-refractivity contribution is 0.0774. The lowest BCUT2D eigenvalue weighted by Gasteiger charge is -2.42. The molecule has 0 saturated carbocycles. The standard InChI is InChI=1S/C21H43N5.HI/c1-6-12-25-14-10-19(11-15-25)24-20(22-7-2)23-17-21(4,5)26-13-8-9-18(3)16-26;/h18-19H,6-17H2,1-5H3,(H2,22,23,24);1H. The van der Waals surface area contributed by atoms with Gasteiger partial charge in [-0.2, -0.15) is 0 Å². The number of halogens is 1. The van der Waals surface area contributed by atoms with Gasteiger partial charge in [-0.05, 0) is 71.9 Å². The van der Waals surface area contributed by atoms with E-state index in [4.69, 9.17) is 4.99 Å². The molecule has 2 saturated heterocycles. The van der Waals surface area contributed by atoms with Crippen molar-refractivity contribution >= 4 is 29.9 Å². The topological polar surface area (TPSA) is 42.9 Å². The molecule has 27 heavy (non-hydrogen) atoms. The van der Waals surface area contributed by atoms with Crippen molar-refractivity contribution in [2.24, 2.45) is 10.9 Å². The molecule has 0 radical (unpaired) electrons. The van der Waals surface area contributed by atoms with Crippen LogP contribution in [0.4, 0.5) is 0 Å². The zero-order valence-corrected chi connectivity index (χ0v) is 20.7.